The molecule has 5 nitrogen and oxygen atoms in total. The molecule has 0 saturated heterocycles. The molecule has 1 aliphatic rings. The number of nitrogen functional groups attached to an aromatic ring is 1. The second kappa shape index (κ2) is 6.01. The maximum atomic E-state index is 12.7. The highest BCUT2D eigenvalue weighted by Gasteiger charge is 2.34. The van der Waals surface area contributed by atoms with Crippen molar-refractivity contribution in [3.63, 3.8) is 0 Å². The van der Waals surface area contributed by atoms with Crippen molar-refractivity contribution < 1.29 is 9.53 Å². The van der Waals surface area contributed by atoms with Crippen LogP contribution in [0.25, 0.3) is 0 Å². The molecule has 0 saturated carbocycles. The van der Waals surface area contributed by atoms with E-state index in [0.717, 1.165) is 11.1 Å². The Bertz CT molecular complexity index is 795. The molecule has 1 amide bonds. The van der Waals surface area contributed by atoms with Crippen LogP contribution >= 0.6 is 0 Å². The molecule has 0 aliphatic carbocycles. The van der Waals surface area contributed by atoms with Gasteiger partial charge in [-0.15, -0.1) is 0 Å². The lowest BCUT2D eigenvalue weighted by Gasteiger charge is -2.33. The SMILES string of the molecule is Cc1ccccc1CC1Oc2cc(N)ccc2N(CC#N)C1=O. The summed E-state index contributed by atoms with van der Waals surface area (Å²) in [6.45, 7) is 1.99. The number of ether oxygens (including phenoxy) is 1. The molecule has 0 fully saturated rings. The van der Waals surface area contributed by atoms with Crippen LogP contribution in [0.15, 0.2) is 42.5 Å². The Labute approximate surface area is 134 Å². The van der Waals surface area contributed by atoms with Gasteiger partial charge in [0.15, 0.2) is 6.10 Å². The summed E-state index contributed by atoms with van der Waals surface area (Å²) in [5.74, 6) is 0.338. The number of carbonyl (C=O) groups is 1. The third-order valence-electron chi connectivity index (χ3n) is 3.98. The molecule has 3 rings (SSSR count). The molecular weight excluding hydrogens is 290 g/mol. The van der Waals surface area contributed by atoms with Gasteiger partial charge in [-0.1, -0.05) is 24.3 Å². The fourth-order valence-electron chi connectivity index (χ4n) is 2.75. The molecule has 2 aromatic carbocycles. The minimum Gasteiger partial charge on any atom is -0.478 e. The van der Waals surface area contributed by atoms with Crippen LogP contribution in [0.5, 0.6) is 5.75 Å². The van der Waals surface area contributed by atoms with Gasteiger partial charge in [0.1, 0.15) is 12.3 Å². The number of nitrogens with zero attached hydrogens (tertiary/aromatic N) is 2. The quantitative estimate of drug-likeness (QED) is 0.697. The summed E-state index contributed by atoms with van der Waals surface area (Å²) in [5.41, 5.74) is 9.12. The summed E-state index contributed by atoms with van der Waals surface area (Å²) in [7, 11) is 0. The number of hydrogen-bond acceptors (Lipinski definition) is 4. The first-order chi connectivity index (χ1) is 11.1. The first kappa shape index (κ1) is 14.9. The van der Waals surface area contributed by atoms with Gasteiger partial charge in [-0.2, -0.15) is 5.26 Å². The molecule has 2 N–H and O–H groups in total. The number of benzene rings is 2. The number of aryl methyl sites for hydroxylation is 1. The van der Waals surface area contributed by atoms with Gasteiger partial charge in [-0.05, 0) is 30.2 Å². The molecule has 1 aliphatic heterocycles. The monoisotopic (exact) mass is 307 g/mol. The number of carbonyl (C=O) groups excluding carboxylic acids is 1. The fraction of sp³-hybridized carbons (Fsp3) is 0.222. The summed E-state index contributed by atoms with van der Waals surface area (Å²) in [5, 5.41) is 9.03. The molecule has 0 bridgehead atoms. The predicted octanol–water partition coefficient (Wildman–Crippen LogP) is 2.44. The Morgan fingerprint density at radius 2 is 2.09 bits per heavy atom. The number of fused-ring (bicyclic) bond motifs is 1. The number of hydrogen-bond donors (Lipinski definition) is 1. The maximum Gasteiger partial charge on any atom is 0.269 e. The first-order valence-electron chi connectivity index (χ1n) is 7.39. The molecule has 23 heavy (non-hydrogen) atoms. The minimum absolute atomic E-state index is 0.0105. The lowest BCUT2D eigenvalue weighted by Crippen LogP contribution is -2.47. The molecule has 5 heteroatoms. The Morgan fingerprint density at radius 1 is 1.30 bits per heavy atom. The van der Waals surface area contributed by atoms with Gasteiger partial charge in [0, 0.05) is 18.2 Å². The zero-order valence-electron chi connectivity index (χ0n) is 12.8. The molecule has 0 radical (unpaired) electrons. The van der Waals surface area contributed by atoms with Crippen molar-refractivity contribution in [2.24, 2.45) is 0 Å². The van der Waals surface area contributed by atoms with E-state index in [2.05, 4.69) is 0 Å². The van der Waals surface area contributed by atoms with Gasteiger partial charge in [0.2, 0.25) is 0 Å². The van der Waals surface area contributed by atoms with Gasteiger partial charge in [0.05, 0.1) is 11.8 Å². The third kappa shape index (κ3) is 2.84. The molecule has 2 aromatic rings. The Balaban J connectivity index is 1.95. The summed E-state index contributed by atoms with van der Waals surface area (Å²) < 4.78 is 5.88. The van der Waals surface area contributed by atoms with Crippen LogP contribution in [-0.2, 0) is 11.2 Å². The molecule has 1 heterocycles. The molecule has 0 aromatic heterocycles. The van der Waals surface area contributed by atoms with Crippen molar-refractivity contribution in [2.45, 2.75) is 19.4 Å². The van der Waals surface area contributed by atoms with E-state index >= 15 is 0 Å². The van der Waals surface area contributed by atoms with Gasteiger partial charge in [-0.25, -0.2) is 0 Å². The van der Waals surface area contributed by atoms with Crippen molar-refractivity contribution >= 4 is 17.3 Å². The fourth-order valence-corrected chi connectivity index (χ4v) is 2.75. The second-order valence-corrected chi connectivity index (χ2v) is 5.55. The van der Waals surface area contributed by atoms with Gasteiger partial charge < -0.3 is 10.5 Å². The highest BCUT2D eigenvalue weighted by molar-refractivity contribution is 6.00. The van der Waals surface area contributed by atoms with E-state index < -0.39 is 6.10 Å². The van der Waals surface area contributed by atoms with Crippen LogP contribution in [0.2, 0.25) is 0 Å². The van der Waals surface area contributed by atoms with Crippen molar-refractivity contribution in [2.75, 3.05) is 17.2 Å². The molecule has 1 atom stereocenters. The smallest absolute Gasteiger partial charge is 0.269 e. The van der Waals surface area contributed by atoms with Crippen LogP contribution in [0.1, 0.15) is 11.1 Å². The number of nitriles is 1. The number of rotatable bonds is 3. The Hall–Kier alpha value is -3.00. The molecule has 1 unspecified atom stereocenters. The highest BCUT2D eigenvalue weighted by atomic mass is 16.5. The van der Waals surface area contributed by atoms with E-state index in [0.29, 0.717) is 23.5 Å². The average Bonchev–Trinajstić information content (AvgIpc) is 2.53. The Kier molecular flexibility index (Phi) is 3.90. The Morgan fingerprint density at radius 3 is 2.83 bits per heavy atom. The zero-order valence-corrected chi connectivity index (χ0v) is 12.8. The van der Waals surface area contributed by atoms with Crippen LogP contribution in [0.4, 0.5) is 11.4 Å². The second-order valence-electron chi connectivity index (χ2n) is 5.55. The summed E-state index contributed by atoms with van der Waals surface area (Å²) in [6.07, 6.45) is -0.194. The maximum absolute atomic E-state index is 12.7. The van der Waals surface area contributed by atoms with E-state index in [4.69, 9.17) is 15.7 Å². The van der Waals surface area contributed by atoms with Crippen LogP contribution in [-0.4, -0.2) is 18.6 Å². The van der Waals surface area contributed by atoms with E-state index in [1.165, 1.54) is 4.90 Å². The predicted molar refractivity (Wildman–Crippen MR) is 88.1 cm³/mol. The third-order valence-corrected chi connectivity index (χ3v) is 3.98. The summed E-state index contributed by atoms with van der Waals surface area (Å²) in [4.78, 5) is 14.2. The lowest BCUT2D eigenvalue weighted by molar-refractivity contribution is -0.126. The normalized spacial score (nSPS) is 16.4. The van der Waals surface area contributed by atoms with Gasteiger partial charge >= 0.3 is 0 Å². The van der Waals surface area contributed by atoms with Crippen LogP contribution in [0.3, 0.4) is 0 Å². The minimum atomic E-state index is -0.654. The summed E-state index contributed by atoms with van der Waals surface area (Å²) in [6, 6.07) is 15.0. The zero-order chi connectivity index (χ0) is 16.4. The van der Waals surface area contributed by atoms with Crippen molar-refractivity contribution in [3.05, 3.63) is 53.6 Å². The van der Waals surface area contributed by atoms with E-state index in [-0.39, 0.29) is 12.5 Å². The topological polar surface area (TPSA) is 79.3 Å². The molecule has 116 valence electrons. The molecule has 0 spiro atoms. The average molecular weight is 307 g/mol. The van der Waals surface area contributed by atoms with Crippen molar-refractivity contribution in [3.8, 4) is 11.8 Å². The standard InChI is InChI=1S/C18H17N3O2/c1-12-4-2-3-5-13(12)10-17-18(22)21(9-8-19)15-7-6-14(20)11-16(15)23-17/h2-7,11,17H,9-10,20H2,1H3. The van der Waals surface area contributed by atoms with Gasteiger partial charge in [-0.3, -0.25) is 9.69 Å². The van der Waals surface area contributed by atoms with Gasteiger partial charge in [0.25, 0.3) is 5.91 Å². The van der Waals surface area contributed by atoms with Crippen LogP contribution in [0, 0.1) is 18.3 Å². The lowest BCUT2D eigenvalue weighted by atomic mass is 10.0. The number of anilines is 2. The van der Waals surface area contributed by atoms with E-state index in [1.54, 1.807) is 18.2 Å². The largest absolute Gasteiger partial charge is 0.478 e. The van der Waals surface area contributed by atoms with E-state index in [1.807, 2.05) is 37.3 Å². The first-order valence-corrected chi connectivity index (χ1v) is 7.39. The van der Waals surface area contributed by atoms with Crippen molar-refractivity contribution in [1.29, 1.82) is 5.26 Å². The van der Waals surface area contributed by atoms with Crippen LogP contribution < -0.4 is 15.4 Å². The summed E-state index contributed by atoms with van der Waals surface area (Å²) >= 11 is 0. The molecular formula is C18H17N3O2. The van der Waals surface area contributed by atoms with Crippen molar-refractivity contribution in [1.82, 2.24) is 0 Å². The number of nitrogens with two attached hydrogens (primary N) is 1. The van der Waals surface area contributed by atoms with E-state index in [9.17, 15) is 4.79 Å². The number of amides is 1. The highest BCUT2D eigenvalue weighted by Crippen LogP contribution is 2.36.